The van der Waals surface area contributed by atoms with E-state index in [1.54, 1.807) is 5.01 Å². The van der Waals surface area contributed by atoms with Crippen molar-refractivity contribution in [1.29, 1.82) is 5.41 Å². The number of allylic oxidation sites excluding steroid dienone is 2. The van der Waals surface area contributed by atoms with Gasteiger partial charge in [0.2, 0.25) is 0 Å². The van der Waals surface area contributed by atoms with Gasteiger partial charge in [0, 0.05) is 17.8 Å². The Hall–Kier alpha value is -1.38. The smallest absolute Gasteiger partial charge is 0.145 e. The van der Waals surface area contributed by atoms with Crippen molar-refractivity contribution in [3.05, 3.63) is 24.4 Å². The van der Waals surface area contributed by atoms with Gasteiger partial charge in [0.15, 0.2) is 0 Å². The molecule has 1 aliphatic rings. The summed E-state index contributed by atoms with van der Waals surface area (Å²) in [6.07, 6.45) is 9.72. The summed E-state index contributed by atoms with van der Waals surface area (Å²) in [6, 6.07) is 0. The van der Waals surface area contributed by atoms with Crippen molar-refractivity contribution in [2.24, 2.45) is 22.4 Å². The third-order valence-corrected chi connectivity index (χ3v) is 3.16. The molecule has 17 heavy (non-hydrogen) atoms. The quantitative estimate of drug-likeness (QED) is 0.794. The van der Waals surface area contributed by atoms with Crippen molar-refractivity contribution in [3.8, 4) is 0 Å². The zero-order valence-electron chi connectivity index (χ0n) is 11.4. The summed E-state index contributed by atoms with van der Waals surface area (Å²) in [6.45, 7) is 10.7. The van der Waals surface area contributed by atoms with Gasteiger partial charge >= 0.3 is 0 Å². The number of nitrogens with zero attached hydrogens (tertiary/aromatic N) is 2. The molecule has 0 fully saturated rings. The van der Waals surface area contributed by atoms with Gasteiger partial charge in [-0.15, -0.1) is 0 Å². The van der Waals surface area contributed by atoms with Gasteiger partial charge in [-0.1, -0.05) is 46.8 Å². The molecule has 1 atom stereocenters. The number of hydrazone groups is 1. The number of hydrogen-bond acceptors (Lipinski definition) is 2. The van der Waals surface area contributed by atoms with Crippen LogP contribution in [0, 0.1) is 22.7 Å². The summed E-state index contributed by atoms with van der Waals surface area (Å²) in [5, 5.41) is 13.9. The SMILES string of the molecule is CC(C)/C=C\N1N=CC(C)(C(C)C)C=CC1=N. The Morgan fingerprint density at radius 1 is 1.35 bits per heavy atom. The van der Waals surface area contributed by atoms with Crippen molar-refractivity contribution in [3.63, 3.8) is 0 Å². The molecule has 0 saturated heterocycles. The van der Waals surface area contributed by atoms with E-state index in [1.807, 2.05) is 24.6 Å². The van der Waals surface area contributed by atoms with E-state index in [1.165, 1.54) is 0 Å². The van der Waals surface area contributed by atoms with Gasteiger partial charge in [0.1, 0.15) is 5.84 Å². The minimum absolute atomic E-state index is 0.0767. The minimum Gasteiger partial charge on any atom is -0.283 e. The number of rotatable bonds is 3. The number of nitrogens with one attached hydrogen (secondary N) is 1. The van der Waals surface area contributed by atoms with E-state index < -0.39 is 0 Å². The van der Waals surface area contributed by atoms with E-state index in [0.29, 0.717) is 17.7 Å². The number of amidine groups is 1. The highest BCUT2D eigenvalue weighted by Crippen LogP contribution is 2.28. The first-order valence-electron chi connectivity index (χ1n) is 6.15. The second-order valence-corrected chi connectivity index (χ2v) is 5.41. The summed E-state index contributed by atoms with van der Waals surface area (Å²) in [5.74, 6) is 1.33. The monoisotopic (exact) mass is 233 g/mol. The third kappa shape index (κ3) is 3.55. The van der Waals surface area contributed by atoms with Crippen LogP contribution in [-0.4, -0.2) is 17.1 Å². The summed E-state index contributed by atoms with van der Waals surface area (Å²) >= 11 is 0. The summed E-state index contributed by atoms with van der Waals surface area (Å²) in [4.78, 5) is 0. The van der Waals surface area contributed by atoms with Crippen LogP contribution in [0.25, 0.3) is 0 Å². The highest BCUT2D eigenvalue weighted by molar-refractivity contribution is 5.93. The normalized spacial score (nSPS) is 25.4. The average Bonchev–Trinajstić information content (AvgIpc) is 2.38. The van der Waals surface area contributed by atoms with Gasteiger partial charge in [0.25, 0.3) is 0 Å². The molecule has 3 nitrogen and oxygen atoms in total. The van der Waals surface area contributed by atoms with Crippen LogP contribution in [0.4, 0.5) is 0 Å². The van der Waals surface area contributed by atoms with Crippen molar-refractivity contribution < 1.29 is 0 Å². The topological polar surface area (TPSA) is 39.5 Å². The van der Waals surface area contributed by atoms with Crippen LogP contribution in [-0.2, 0) is 0 Å². The predicted molar refractivity (Wildman–Crippen MR) is 74.1 cm³/mol. The second-order valence-electron chi connectivity index (χ2n) is 5.41. The molecule has 3 heteroatoms. The van der Waals surface area contributed by atoms with E-state index in [9.17, 15) is 0 Å². The van der Waals surface area contributed by atoms with Gasteiger partial charge in [-0.25, -0.2) is 5.01 Å². The Morgan fingerprint density at radius 3 is 2.53 bits per heavy atom. The van der Waals surface area contributed by atoms with Crippen LogP contribution in [0.15, 0.2) is 29.5 Å². The predicted octanol–water partition coefficient (Wildman–Crippen LogP) is 3.65. The molecule has 0 aromatic carbocycles. The lowest BCUT2D eigenvalue weighted by atomic mass is 9.80. The zero-order valence-corrected chi connectivity index (χ0v) is 11.4. The standard InChI is InChI=1S/C14H23N3/c1-11(2)7-9-17-13(15)6-8-14(5,10-16-17)12(3)4/h6-12,15H,1-5H3/b9-7-,15-13?. The second kappa shape index (κ2) is 5.30. The number of hydrogen-bond donors (Lipinski definition) is 1. The maximum absolute atomic E-state index is 7.92. The van der Waals surface area contributed by atoms with E-state index in [0.717, 1.165) is 0 Å². The molecule has 0 saturated carbocycles. The molecule has 0 spiro atoms. The first-order chi connectivity index (χ1) is 7.85. The summed E-state index contributed by atoms with van der Waals surface area (Å²) < 4.78 is 0. The first-order valence-corrected chi connectivity index (χ1v) is 6.15. The molecule has 1 N–H and O–H groups in total. The van der Waals surface area contributed by atoms with Crippen LogP contribution in [0.3, 0.4) is 0 Å². The fourth-order valence-electron chi connectivity index (χ4n) is 1.34. The molecule has 0 aliphatic carbocycles. The van der Waals surface area contributed by atoms with Crippen LogP contribution in [0.2, 0.25) is 0 Å². The third-order valence-electron chi connectivity index (χ3n) is 3.16. The molecule has 0 amide bonds. The van der Waals surface area contributed by atoms with Crippen LogP contribution >= 0.6 is 0 Å². The van der Waals surface area contributed by atoms with Gasteiger partial charge in [-0.05, 0) is 17.9 Å². The van der Waals surface area contributed by atoms with Crippen molar-refractivity contribution in [2.45, 2.75) is 34.6 Å². The van der Waals surface area contributed by atoms with Crippen LogP contribution in [0.5, 0.6) is 0 Å². The van der Waals surface area contributed by atoms with Crippen LogP contribution in [0.1, 0.15) is 34.6 Å². The van der Waals surface area contributed by atoms with Crippen molar-refractivity contribution in [1.82, 2.24) is 5.01 Å². The highest BCUT2D eigenvalue weighted by Gasteiger charge is 2.25. The van der Waals surface area contributed by atoms with Gasteiger partial charge in [-0.3, -0.25) is 5.41 Å². The molecule has 0 aromatic rings. The van der Waals surface area contributed by atoms with E-state index >= 15 is 0 Å². The fraction of sp³-hybridized carbons (Fsp3) is 0.571. The Kier molecular flexibility index (Phi) is 4.27. The Bertz CT molecular complexity index is 364. The first kappa shape index (κ1) is 13.7. The maximum atomic E-state index is 7.92. The van der Waals surface area contributed by atoms with Crippen LogP contribution < -0.4 is 0 Å². The zero-order chi connectivity index (χ0) is 13.1. The van der Waals surface area contributed by atoms with E-state index in [-0.39, 0.29) is 5.41 Å². The van der Waals surface area contributed by atoms with Gasteiger partial charge in [0.05, 0.1) is 0 Å². The molecule has 0 radical (unpaired) electrons. The minimum atomic E-state index is -0.0767. The molecule has 1 rings (SSSR count). The molecule has 1 unspecified atom stereocenters. The van der Waals surface area contributed by atoms with Crippen molar-refractivity contribution >= 4 is 12.1 Å². The summed E-state index contributed by atoms with van der Waals surface area (Å²) in [5.41, 5.74) is -0.0767. The molecule has 1 aliphatic heterocycles. The van der Waals surface area contributed by atoms with Crippen molar-refractivity contribution in [2.75, 3.05) is 0 Å². The van der Waals surface area contributed by atoms with Gasteiger partial charge < -0.3 is 0 Å². The van der Waals surface area contributed by atoms with E-state index in [4.69, 9.17) is 5.41 Å². The molecular formula is C14H23N3. The summed E-state index contributed by atoms with van der Waals surface area (Å²) in [7, 11) is 0. The largest absolute Gasteiger partial charge is 0.283 e. The Labute approximate surface area is 104 Å². The molecule has 0 aromatic heterocycles. The lowest BCUT2D eigenvalue weighted by Gasteiger charge is -2.24. The Balaban J connectivity index is 2.93. The lowest BCUT2D eigenvalue weighted by molar-refractivity contribution is 0.420. The lowest BCUT2D eigenvalue weighted by Crippen LogP contribution is -2.22. The molecular weight excluding hydrogens is 210 g/mol. The highest BCUT2D eigenvalue weighted by atomic mass is 15.5. The average molecular weight is 233 g/mol. The fourth-order valence-corrected chi connectivity index (χ4v) is 1.34. The molecule has 94 valence electrons. The maximum Gasteiger partial charge on any atom is 0.145 e. The van der Waals surface area contributed by atoms with E-state index in [2.05, 4.69) is 45.8 Å². The molecule has 1 heterocycles. The molecule has 0 bridgehead atoms. The van der Waals surface area contributed by atoms with Gasteiger partial charge in [-0.2, -0.15) is 5.10 Å². The Morgan fingerprint density at radius 2 is 2.00 bits per heavy atom.